The number of oxime groups is 1. The van der Waals surface area contributed by atoms with E-state index in [4.69, 9.17) is 5.21 Å². The highest BCUT2D eigenvalue weighted by Crippen LogP contribution is 2.28. The summed E-state index contributed by atoms with van der Waals surface area (Å²) >= 11 is 0. The minimum absolute atomic E-state index is 0.185. The first-order valence-corrected chi connectivity index (χ1v) is 6.99. The van der Waals surface area contributed by atoms with Crippen molar-refractivity contribution in [1.82, 2.24) is 20.6 Å². The lowest BCUT2D eigenvalue weighted by atomic mass is 9.99. The van der Waals surface area contributed by atoms with Crippen LogP contribution in [0.5, 0.6) is 0 Å². The molecule has 0 saturated heterocycles. The number of aromatic amines is 1. The smallest absolute Gasteiger partial charge is 0.211 e. The number of rotatable bonds is 2. The molecule has 0 unspecified atom stereocenters. The molecule has 0 radical (unpaired) electrons. The second-order valence-corrected chi connectivity index (χ2v) is 5.24. The lowest BCUT2D eigenvalue weighted by Gasteiger charge is -2.05. The zero-order valence-corrected chi connectivity index (χ0v) is 11.9. The van der Waals surface area contributed by atoms with Crippen molar-refractivity contribution in [3.8, 4) is 22.5 Å². The maximum absolute atomic E-state index is 12.1. The van der Waals surface area contributed by atoms with Gasteiger partial charge in [-0.15, -0.1) is 10.2 Å². The summed E-state index contributed by atoms with van der Waals surface area (Å²) in [5.74, 6) is 0.317. The van der Waals surface area contributed by atoms with E-state index in [0.29, 0.717) is 17.8 Å². The van der Waals surface area contributed by atoms with Gasteiger partial charge in [0.2, 0.25) is 11.6 Å². The molecule has 2 aromatic carbocycles. The lowest BCUT2D eigenvalue weighted by Crippen LogP contribution is -2.06. The number of hydrogen-bond donors (Lipinski definition) is 2. The van der Waals surface area contributed by atoms with Gasteiger partial charge in [0.25, 0.3) is 0 Å². The second-order valence-electron chi connectivity index (χ2n) is 5.24. The van der Waals surface area contributed by atoms with Gasteiger partial charge in [0.05, 0.1) is 0 Å². The number of hydrogen-bond acceptors (Lipinski definition) is 6. The van der Waals surface area contributed by atoms with Gasteiger partial charge in [-0.3, -0.25) is 4.79 Å². The minimum atomic E-state index is -0.215. The number of aromatic nitrogens is 4. The molecule has 0 aliphatic heterocycles. The van der Waals surface area contributed by atoms with E-state index >= 15 is 0 Å². The van der Waals surface area contributed by atoms with E-state index in [9.17, 15) is 4.79 Å². The summed E-state index contributed by atoms with van der Waals surface area (Å²) in [6.45, 7) is 0. The van der Waals surface area contributed by atoms with Gasteiger partial charge in [0.15, 0.2) is 0 Å². The van der Waals surface area contributed by atoms with Gasteiger partial charge in [-0.1, -0.05) is 41.6 Å². The Morgan fingerprint density at radius 2 is 1.78 bits per heavy atom. The van der Waals surface area contributed by atoms with Crippen molar-refractivity contribution < 1.29 is 10.0 Å². The lowest BCUT2D eigenvalue weighted by molar-refractivity contribution is 0.106. The third-order valence-corrected chi connectivity index (χ3v) is 3.92. The molecule has 1 aromatic heterocycles. The monoisotopic (exact) mass is 305 g/mol. The van der Waals surface area contributed by atoms with Crippen molar-refractivity contribution in [3.63, 3.8) is 0 Å². The Kier molecular flexibility index (Phi) is 2.97. The standard InChI is InChI=1S/C16H11N5O2/c22-15-13-7-11(5-6-12(13)8-14(15)19-23)9-1-3-10(4-2-9)16-17-20-21-18-16/h1-7,23H,8H2,(H,17,18,20,21)/b19-14+. The summed E-state index contributed by atoms with van der Waals surface area (Å²) in [6, 6.07) is 13.4. The second kappa shape index (κ2) is 5.13. The molecule has 7 heteroatoms. The maximum Gasteiger partial charge on any atom is 0.211 e. The topological polar surface area (TPSA) is 104 Å². The van der Waals surface area contributed by atoms with Crippen LogP contribution in [0.25, 0.3) is 22.5 Å². The summed E-state index contributed by atoms with van der Waals surface area (Å²) in [7, 11) is 0. The molecule has 0 spiro atoms. The van der Waals surface area contributed by atoms with E-state index in [0.717, 1.165) is 22.3 Å². The van der Waals surface area contributed by atoms with Crippen LogP contribution in [0.2, 0.25) is 0 Å². The van der Waals surface area contributed by atoms with Gasteiger partial charge >= 0.3 is 0 Å². The highest BCUT2D eigenvalue weighted by atomic mass is 16.4. The summed E-state index contributed by atoms with van der Waals surface area (Å²) in [4.78, 5) is 12.1. The Balaban J connectivity index is 1.70. The van der Waals surface area contributed by atoms with Crippen molar-refractivity contribution in [2.75, 3.05) is 0 Å². The van der Waals surface area contributed by atoms with Crippen molar-refractivity contribution in [1.29, 1.82) is 0 Å². The Labute approximate surface area is 130 Å². The molecule has 0 amide bonds. The van der Waals surface area contributed by atoms with E-state index in [1.165, 1.54) is 0 Å². The number of nitrogens with one attached hydrogen (secondary N) is 1. The summed E-state index contributed by atoms with van der Waals surface area (Å²) in [5.41, 5.74) is 4.42. The minimum Gasteiger partial charge on any atom is -0.411 e. The van der Waals surface area contributed by atoms with E-state index in [2.05, 4.69) is 25.8 Å². The molecule has 0 saturated carbocycles. The Morgan fingerprint density at radius 3 is 2.48 bits per heavy atom. The molecule has 2 N–H and O–H groups in total. The van der Waals surface area contributed by atoms with Crippen LogP contribution in [0, 0.1) is 0 Å². The predicted octanol–water partition coefficient (Wildman–Crippen LogP) is 2.10. The fraction of sp³-hybridized carbons (Fsp3) is 0.0625. The normalized spacial score (nSPS) is 15.1. The van der Waals surface area contributed by atoms with Crippen molar-refractivity contribution >= 4 is 11.5 Å². The van der Waals surface area contributed by atoms with Gasteiger partial charge in [-0.2, -0.15) is 5.21 Å². The first kappa shape index (κ1) is 13.3. The van der Waals surface area contributed by atoms with E-state index in [-0.39, 0.29) is 11.5 Å². The van der Waals surface area contributed by atoms with E-state index < -0.39 is 0 Å². The van der Waals surface area contributed by atoms with Gasteiger partial charge in [0.1, 0.15) is 5.71 Å². The molecule has 112 valence electrons. The molecule has 0 bridgehead atoms. The summed E-state index contributed by atoms with van der Waals surface area (Å²) < 4.78 is 0. The Morgan fingerprint density at radius 1 is 1.04 bits per heavy atom. The zero-order valence-electron chi connectivity index (χ0n) is 11.9. The number of carbonyl (C=O) groups is 1. The molecule has 1 heterocycles. The molecule has 4 rings (SSSR count). The van der Waals surface area contributed by atoms with E-state index in [1.54, 1.807) is 0 Å². The Hall–Kier alpha value is -3.35. The molecule has 1 aliphatic carbocycles. The molecule has 0 atom stereocenters. The highest BCUT2D eigenvalue weighted by molar-refractivity contribution is 6.49. The summed E-state index contributed by atoms with van der Waals surface area (Å²) in [6.07, 6.45) is 0.377. The molecular weight excluding hydrogens is 294 g/mol. The molecule has 23 heavy (non-hydrogen) atoms. The van der Waals surface area contributed by atoms with Gasteiger partial charge in [0, 0.05) is 17.5 Å². The van der Waals surface area contributed by atoms with Crippen LogP contribution in [0.3, 0.4) is 0 Å². The number of nitrogens with zero attached hydrogens (tertiary/aromatic N) is 4. The molecule has 3 aromatic rings. The van der Waals surface area contributed by atoms with Crippen molar-refractivity contribution in [2.24, 2.45) is 5.16 Å². The number of carbonyl (C=O) groups excluding carboxylic acids is 1. The summed E-state index contributed by atoms with van der Waals surface area (Å²) in [5, 5.41) is 25.8. The molecule has 7 nitrogen and oxygen atoms in total. The average molecular weight is 305 g/mol. The maximum atomic E-state index is 12.1. The number of fused-ring (bicyclic) bond motifs is 1. The van der Waals surface area contributed by atoms with Crippen LogP contribution in [-0.4, -0.2) is 37.3 Å². The number of H-pyrrole nitrogens is 1. The Bertz CT molecular complexity index is 914. The predicted molar refractivity (Wildman–Crippen MR) is 82.3 cm³/mol. The molecular formula is C16H11N5O2. The van der Waals surface area contributed by atoms with Crippen molar-refractivity contribution in [2.45, 2.75) is 6.42 Å². The van der Waals surface area contributed by atoms with Crippen LogP contribution in [-0.2, 0) is 6.42 Å². The largest absolute Gasteiger partial charge is 0.411 e. The van der Waals surface area contributed by atoms with Crippen molar-refractivity contribution in [3.05, 3.63) is 53.6 Å². The molecule has 0 fully saturated rings. The van der Waals surface area contributed by atoms with Crippen LogP contribution in [0.15, 0.2) is 47.6 Å². The van der Waals surface area contributed by atoms with Crippen LogP contribution in [0.1, 0.15) is 15.9 Å². The van der Waals surface area contributed by atoms with Gasteiger partial charge < -0.3 is 5.21 Å². The third-order valence-electron chi connectivity index (χ3n) is 3.92. The molecule has 1 aliphatic rings. The van der Waals surface area contributed by atoms with E-state index in [1.807, 2.05) is 42.5 Å². The number of benzene rings is 2. The van der Waals surface area contributed by atoms with Gasteiger partial charge in [-0.05, 0) is 28.0 Å². The first-order chi connectivity index (χ1) is 11.3. The number of ketones is 1. The first-order valence-electron chi connectivity index (χ1n) is 6.99. The highest BCUT2D eigenvalue weighted by Gasteiger charge is 2.27. The van der Waals surface area contributed by atoms with Crippen LogP contribution < -0.4 is 0 Å². The SMILES string of the molecule is O=C1/C(=N/O)Cc2ccc(-c3ccc(-c4nn[nH]n4)cc3)cc21. The quantitative estimate of drug-likeness (QED) is 0.557. The zero-order chi connectivity index (χ0) is 15.8. The fourth-order valence-corrected chi connectivity index (χ4v) is 2.71. The van der Waals surface area contributed by atoms with Crippen LogP contribution >= 0.6 is 0 Å². The van der Waals surface area contributed by atoms with Crippen LogP contribution in [0.4, 0.5) is 0 Å². The van der Waals surface area contributed by atoms with Gasteiger partial charge in [-0.25, -0.2) is 0 Å². The number of tetrazole rings is 1. The number of Topliss-reactive ketones (excluding diaryl/α,β-unsaturated/α-hetero) is 1. The average Bonchev–Trinajstić information content (AvgIpc) is 3.23. The fourth-order valence-electron chi connectivity index (χ4n) is 2.71. The third kappa shape index (κ3) is 2.18.